The van der Waals surface area contributed by atoms with Gasteiger partial charge in [-0.25, -0.2) is 17.5 Å². The van der Waals surface area contributed by atoms with Gasteiger partial charge in [0.2, 0.25) is 10.0 Å². The summed E-state index contributed by atoms with van der Waals surface area (Å²) in [6, 6.07) is 3.46. The fourth-order valence-electron chi connectivity index (χ4n) is 1.92. The number of hydrogen-bond acceptors (Lipinski definition) is 3. The van der Waals surface area contributed by atoms with E-state index in [0.717, 1.165) is 12.5 Å². The molecule has 6 heteroatoms. The van der Waals surface area contributed by atoms with Gasteiger partial charge in [0.25, 0.3) is 0 Å². The second-order valence-corrected chi connectivity index (χ2v) is 6.30. The molecule has 0 spiro atoms. The quantitative estimate of drug-likeness (QED) is 0.790. The minimum Gasteiger partial charge on any atom is -0.384 e. The fourth-order valence-corrected chi connectivity index (χ4v) is 3.33. The van der Waals surface area contributed by atoms with Crippen molar-refractivity contribution in [2.45, 2.75) is 44.0 Å². The molecule has 1 aromatic carbocycles. The van der Waals surface area contributed by atoms with Crippen LogP contribution in [-0.2, 0) is 10.0 Å². The lowest BCUT2D eigenvalue weighted by Crippen LogP contribution is -2.34. The number of benzene rings is 1. The van der Waals surface area contributed by atoms with E-state index >= 15 is 0 Å². The molecule has 4 nitrogen and oxygen atoms in total. The Labute approximate surface area is 125 Å². The second kappa shape index (κ2) is 8.13. The highest BCUT2D eigenvalue weighted by atomic mass is 32.2. The van der Waals surface area contributed by atoms with Gasteiger partial charge in [-0.3, -0.25) is 0 Å². The largest absolute Gasteiger partial charge is 0.384 e. The van der Waals surface area contributed by atoms with E-state index < -0.39 is 15.8 Å². The van der Waals surface area contributed by atoms with Crippen LogP contribution in [-0.4, -0.2) is 26.2 Å². The molecule has 0 radical (unpaired) electrons. The van der Waals surface area contributed by atoms with Crippen LogP contribution in [0.1, 0.15) is 38.7 Å². The predicted octanol–water partition coefficient (Wildman–Crippen LogP) is 2.03. The average Bonchev–Trinajstić information content (AvgIpc) is 2.44. The van der Waals surface area contributed by atoms with Gasteiger partial charge in [-0.2, -0.15) is 0 Å². The van der Waals surface area contributed by atoms with Gasteiger partial charge in [0.15, 0.2) is 0 Å². The Morgan fingerprint density at radius 3 is 2.62 bits per heavy atom. The first kappa shape index (κ1) is 17.6. The summed E-state index contributed by atoms with van der Waals surface area (Å²) in [4.78, 5) is -0.383. The zero-order valence-electron chi connectivity index (χ0n) is 12.2. The highest BCUT2D eigenvalue weighted by Crippen LogP contribution is 2.17. The maximum absolute atomic E-state index is 14.0. The molecule has 0 aliphatic heterocycles. The lowest BCUT2D eigenvalue weighted by Gasteiger charge is -2.16. The summed E-state index contributed by atoms with van der Waals surface area (Å²) in [5.41, 5.74) is 0.320. The van der Waals surface area contributed by atoms with Crippen LogP contribution in [0.5, 0.6) is 0 Å². The summed E-state index contributed by atoms with van der Waals surface area (Å²) in [5, 5.41) is 8.58. The van der Waals surface area contributed by atoms with Gasteiger partial charge in [0.1, 0.15) is 17.3 Å². The lowest BCUT2D eigenvalue weighted by molar-refractivity contribution is 0.350. The molecule has 1 unspecified atom stereocenters. The molecule has 0 saturated heterocycles. The minimum absolute atomic E-state index is 0.201. The summed E-state index contributed by atoms with van der Waals surface area (Å²) < 4.78 is 40.9. The van der Waals surface area contributed by atoms with Gasteiger partial charge >= 0.3 is 0 Å². The molecule has 0 amide bonds. The first-order valence-electron chi connectivity index (χ1n) is 6.86. The highest BCUT2D eigenvalue weighted by Gasteiger charge is 2.22. The topological polar surface area (TPSA) is 66.4 Å². The number of hydrogen-bond donors (Lipinski definition) is 2. The first-order valence-corrected chi connectivity index (χ1v) is 8.34. The van der Waals surface area contributed by atoms with Crippen molar-refractivity contribution in [3.05, 3.63) is 29.6 Å². The number of aliphatic hydroxyl groups excluding tert-OH is 1. The van der Waals surface area contributed by atoms with Crippen molar-refractivity contribution in [1.82, 2.24) is 4.72 Å². The van der Waals surface area contributed by atoms with Gasteiger partial charge in [-0.15, -0.1) is 0 Å². The second-order valence-electron chi connectivity index (χ2n) is 4.62. The summed E-state index contributed by atoms with van der Waals surface area (Å²) in [5.74, 6) is 4.06. The summed E-state index contributed by atoms with van der Waals surface area (Å²) in [7, 11) is -3.88. The van der Waals surface area contributed by atoms with E-state index in [1.165, 1.54) is 12.1 Å². The van der Waals surface area contributed by atoms with E-state index in [1.54, 1.807) is 0 Å². The van der Waals surface area contributed by atoms with Gasteiger partial charge < -0.3 is 5.11 Å². The number of halogens is 1. The first-order chi connectivity index (χ1) is 9.94. The molecule has 1 aromatic rings. The summed E-state index contributed by atoms with van der Waals surface area (Å²) >= 11 is 0. The Morgan fingerprint density at radius 2 is 2.10 bits per heavy atom. The Hall–Kier alpha value is -1.42. The van der Waals surface area contributed by atoms with Crippen LogP contribution in [0.15, 0.2) is 23.1 Å². The number of nitrogens with one attached hydrogen (secondary N) is 1. The zero-order valence-corrected chi connectivity index (χ0v) is 13.0. The number of sulfonamides is 1. The summed E-state index contributed by atoms with van der Waals surface area (Å²) in [6.07, 6.45) is 2.20. The molecule has 116 valence electrons. The van der Waals surface area contributed by atoms with Crippen molar-refractivity contribution in [1.29, 1.82) is 0 Å². The zero-order chi connectivity index (χ0) is 15.9. The van der Waals surface area contributed by atoms with Crippen molar-refractivity contribution < 1.29 is 17.9 Å². The van der Waals surface area contributed by atoms with Gasteiger partial charge in [0.05, 0.1) is 0 Å². The van der Waals surface area contributed by atoms with E-state index in [-0.39, 0.29) is 17.5 Å². The van der Waals surface area contributed by atoms with Crippen LogP contribution in [0.4, 0.5) is 4.39 Å². The van der Waals surface area contributed by atoms with Gasteiger partial charge in [0, 0.05) is 11.6 Å². The molecule has 21 heavy (non-hydrogen) atoms. The van der Waals surface area contributed by atoms with Crippen LogP contribution in [0.3, 0.4) is 0 Å². The van der Waals surface area contributed by atoms with Crippen molar-refractivity contribution in [3.8, 4) is 11.8 Å². The van der Waals surface area contributed by atoms with Crippen LogP contribution in [0.2, 0.25) is 0 Å². The Bertz CT molecular complexity index is 632. The van der Waals surface area contributed by atoms with Gasteiger partial charge in [-0.1, -0.05) is 32.1 Å². The molecular formula is C15H20FNO3S. The van der Waals surface area contributed by atoms with Crippen molar-refractivity contribution >= 4 is 10.0 Å². The molecule has 0 saturated carbocycles. The van der Waals surface area contributed by atoms with Crippen LogP contribution in [0, 0.1) is 17.7 Å². The predicted molar refractivity (Wildman–Crippen MR) is 79.7 cm³/mol. The van der Waals surface area contributed by atoms with E-state index in [0.29, 0.717) is 18.4 Å². The Morgan fingerprint density at radius 1 is 1.38 bits per heavy atom. The van der Waals surface area contributed by atoms with Crippen molar-refractivity contribution in [3.63, 3.8) is 0 Å². The third kappa shape index (κ3) is 5.12. The number of aliphatic hydroxyl groups is 1. The molecule has 2 N–H and O–H groups in total. The SMILES string of the molecule is CCCC(CC)NS(=O)(=O)c1ccc(C#CCO)cc1F. The molecule has 0 fully saturated rings. The van der Waals surface area contributed by atoms with Crippen molar-refractivity contribution in [2.75, 3.05) is 6.61 Å². The average molecular weight is 313 g/mol. The normalized spacial score (nSPS) is 12.6. The standard InChI is InChI=1S/C15H20FNO3S/c1-3-6-13(4-2)17-21(19,20)15-9-8-12(7-5-10-18)11-14(15)16/h8-9,11,13,17-18H,3-4,6,10H2,1-2H3. The summed E-state index contributed by atoms with van der Waals surface area (Å²) in [6.45, 7) is 3.51. The van der Waals surface area contributed by atoms with E-state index in [9.17, 15) is 12.8 Å². The third-order valence-electron chi connectivity index (χ3n) is 2.98. The smallest absolute Gasteiger partial charge is 0.243 e. The molecule has 0 aliphatic carbocycles. The monoisotopic (exact) mass is 313 g/mol. The lowest BCUT2D eigenvalue weighted by atomic mass is 10.1. The van der Waals surface area contributed by atoms with E-state index in [1.807, 2.05) is 13.8 Å². The highest BCUT2D eigenvalue weighted by molar-refractivity contribution is 7.89. The van der Waals surface area contributed by atoms with Crippen LogP contribution < -0.4 is 4.72 Å². The minimum atomic E-state index is -3.88. The van der Waals surface area contributed by atoms with Crippen LogP contribution >= 0.6 is 0 Å². The Balaban J connectivity index is 3.03. The maximum atomic E-state index is 14.0. The third-order valence-corrected chi connectivity index (χ3v) is 4.54. The van der Waals surface area contributed by atoms with E-state index in [4.69, 9.17) is 5.11 Å². The van der Waals surface area contributed by atoms with E-state index in [2.05, 4.69) is 16.6 Å². The molecule has 1 atom stereocenters. The Kier molecular flexibility index (Phi) is 6.82. The maximum Gasteiger partial charge on any atom is 0.243 e. The molecule has 0 bridgehead atoms. The molecule has 0 aromatic heterocycles. The molecule has 0 aliphatic rings. The van der Waals surface area contributed by atoms with Crippen LogP contribution in [0.25, 0.3) is 0 Å². The molecule has 1 rings (SSSR count). The molecular weight excluding hydrogens is 293 g/mol. The molecule has 0 heterocycles. The van der Waals surface area contributed by atoms with Gasteiger partial charge in [-0.05, 0) is 31.0 Å². The number of rotatable bonds is 6. The van der Waals surface area contributed by atoms with Crippen molar-refractivity contribution in [2.24, 2.45) is 0 Å². The fraction of sp³-hybridized carbons (Fsp3) is 0.467.